The molecule has 140 valence electrons. The van der Waals surface area contributed by atoms with Crippen LogP contribution in [-0.4, -0.2) is 39.9 Å². The summed E-state index contributed by atoms with van der Waals surface area (Å²) in [4.78, 5) is 41.4. The molecule has 0 radical (unpaired) electrons. The monoisotopic (exact) mass is 441 g/mol. The van der Waals surface area contributed by atoms with Crippen LogP contribution in [0, 0.1) is 0 Å². The summed E-state index contributed by atoms with van der Waals surface area (Å²) in [5.74, 6) is -1.01. The van der Waals surface area contributed by atoms with Crippen molar-refractivity contribution >= 4 is 33.7 Å². The third kappa shape index (κ3) is 3.20. The molecule has 9 heteroatoms. The van der Waals surface area contributed by atoms with Crippen LogP contribution in [-0.2, 0) is 11.3 Å². The summed E-state index contributed by atoms with van der Waals surface area (Å²) >= 11 is 3.37. The number of halogens is 1. The van der Waals surface area contributed by atoms with E-state index in [-0.39, 0.29) is 29.2 Å². The highest BCUT2D eigenvalue weighted by Gasteiger charge is 2.33. The molecule has 0 saturated carbocycles. The minimum Gasteiger partial charge on any atom is -0.452 e. The smallest absolute Gasteiger partial charge is 0.338 e. The molecule has 0 bridgehead atoms. The standard InChI is InChI=1S/C19H12BrN3O5/c1-23-17(24)13-6-5-11(8-14(13)18(23)25)19(26)27-9-15-21-16(22-28-15)10-3-2-4-12(20)7-10/h2-8H,9H2,1H3. The number of ether oxygens (including phenoxy) is 1. The number of nitrogens with zero attached hydrogens (tertiary/aromatic N) is 3. The Morgan fingerprint density at radius 1 is 1.14 bits per heavy atom. The first-order chi connectivity index (χ1) is 13.4. The largest absolute Gasteiger partial charge is 0.452 e. The lowest BCUT2D eigenvalue weighted by Gasteiger charge is -2.03. The number of hydrogen-bond donors (Lipinski definition) is 0. The molecule has 1 aliphatic heterocycles. The Hall–Kier alpha value is -3.33. The van der Waals surface area contributed by atoms with Gasteiger partial charge in [-0.05, 0) is 30.3 Å². The maximum Gasteiger partial charge on any atom is 0.338 e. The molecule has 1 aliphatic rings. The SMILES string of the molecule is CN1C(=O)c2ccc(C(=O)OCc3nc(-c4cccc(Br)c4)no3)cc2C1=O. The predicted octanol–water partition coefficient (Wildman–Crippen LogP) is 3.08. The van der Waals surface area contributed by atoms with E-state index in [9.17, 15) is 14.4 Å². The van der Waals surface area contributed by atoms with Crippen LogP contribution in [0.4, 0.5) is 0 Å². The first kappa shape index (κ1) is 18.1. The maximum absolute atomic E-state index is 12.3. The molecule has 0 fully saturated rings. The minimum atomic E-state index is -0.667. The van der Waals surface area contributed by atoms with Gasteiger partial charge in [-0.3, -0.25) is 14.5 Å². The third-order valence-electron chi connectivity index (χ3n) is 4.20. The lowest BCUT2D eigenvalue weighted by molar-refractivity contribution is 0.0429. The lowest BCUT2D eigenvalue weighted by Crippen LogP contribution is -2.24. The van der Waals surface area contributed by atoms with Crippen LogP contribution in [0.5, 0.6) is 0 Å². The molecule has 28 heavy (non-hydrogen) atoms. The highest BCUT2D eigenvalue weighted by molar-refractivity contribution is 9.10. The number of aromatic nitrogens is 2. The van der Waals surface area contributed by atoms with Crippen molar-refractivity contribution < 1.29 is 23.6 Å². The zero-order valence-corrected chi connectivity index (χ0v) is 16.1. The van der Waals surface area contributed by atoms with Crippen molar-refractivity contribution in [2.75, 3.05) is 7.05 Å². The van der Waals surface area contributed by atoms with Crippen molar-refractivity contribution in [2.45, 2.75) is 6.61 Å². The van der Waals surface area contributed by atoms with Crippen molar-refractivity contribution in [3.8, 4) is 11.4 Å². The number of carbonyl (C=O) groups is 3. The van der Waals surface area contributed by atoms with Gasteiger partial charge in [-0.25, -0.2) is 4.79 Å². The minimum absolute atomic E-state index is 0.135. The molecule has 0 aliphatic carbocycles. The molecular formula is C19H12BrN3O5. The van der Waals surface area contributed by atoms with E-state index in [1.54, 1.807) is 0 Å². The van der Waals surface area contributed by atoms with Crippen molar-refractivity contribution in [3.05, 3.63) is 69.5 Å². The van der Waals surface area contributed by atoms with Gasteiger partial charge in [0.1, 0.15) is 0 Å². The van der Waals surface area contributed by atoms with E-state index >= 15 is 0 Å². The average Bonchev–Trinajstić information content (AvgIpc) is 3.26. The topological polar surface area (TPSA) is 103 Å². The number of imide groups is 1. The van der Waals surface area contributed by atoms with E-state index < -0.39 is 17.8 Å². The van der Waals surface area contributed by atoms with Gasteiger partial charge in [0.05, 0.1) is 16.7 Å². The molecule has 0 spiro atoms. The molecule has 0 saturated heterocycles. The fourth-order valence-electron chi connectivity index (χ4n) is 2.76. The molecule has 0 N–H and O–H groups in total. The van der Waals surface area contributed by atoms with E-state index in [2.05, 4.69) is 26.1 Å². The second-order valence-electron chi connectivity index (χ2n) is 6.03. The highest BCUT2D eigenvalue weighted by Crippen LogP contribution is 2.23. The average molecular weight is 442 g/mol. The first-order valence-corrected chi connectivity index (χ1v) is 8.95. The van der Waals surface area contributed by atoms with Crippen molar-refractivity contribution in [1.29, 1.82) is 0 Å². The number of rotatable bonds is 4. The van der Waals surface area contributed by atoms with E-state index in [0.29, 0.717) is 5.82 Å². The van der Waals surface area contributed by atoms with E-state index in [4.69, 9.17) is 9.26 Å². The molecular weight excluding hydrogens is 430 g/mol. The highest BCUT2D eigenvalue weighted by atomic mass is 79.9. The van der Waals surface area contributed by atoms with Crippen LogP contribution in [0.25, 0.3) is 11.4 Å². The van der Waals surface area contributed by atoms with Crippen LogP contribution in [0.3, 0.4) is 0 Å². The summed E-state index contributed by atoms with van der Waals surface area (Å²) in [5.41, 5.74) is 1.35. The van der Waals surface area contributed by atoms with Gasteiger partial charge in [-0.1, -0.05) is 33.2 Å². The fraction of sp³-hybridized carbons (Fsp3) is 0.105. The van der Waals surface area contributed by atoms with Gasteiger partial charge in [0, 0.05) is 17.1 Å². The molecule has 0 atom stereocenters. The molecule has 2 heterocycles. The van der Waals surface area contributed by atoms with Gasteiger partial charge in [0.25, 0.3) is 17.7 Å². The zero-order chi connectivity index (χ0) is 19.8. The van der Waals surface area contributed by atoms with Gasteiger partial charge in [0.15, 0.2) is 6.61 Å². The Labute approximate surface area is 167 Å². The third-order valence-corrected chi connectivity index (χ3v) is 4.70. The fourth-order valence-corrected chi connectivity index (χ4v) is 3.16. The van der Waals surface area contributed by atoms with Crippen LogP contribution in [0.15, 0.2) is 51.5 Å². The Morgan fingerprint density at radius 3 is 2.71 bits per heavy atom. The number of hydrogen-bond acceptors (Lipinski definition) is 7. The van der Waals surface area contributed by atoms with E-state index in [1.807, 2.05) is 24.3 Å². The summed E-state index contributed by atoms with van der Waals surface area (Å²) in [6.45, 7) is -0.219. The number of amides is 2. The van der Waals surface area contributed by atoms with Crippen molar-refractivity contribution in [3.63, 3.8) is 0 Å². The molecule has 3 aromatic rings. The van der Waals surface area contributed by atoms with Crippen LogP contribution in [0.1, 0.15) is 37.0 Å². The van der Waals surface area contributed by atoms with Gasteiger partial charge in [-0.2, -0.15) is 4.98 Å². The summed E-state index contributed by atoms with van der Waals surface area (Å²) in [6, 6.07) is 11.6. The molecule has 8 nitrogen and oxygen atoms in total. The molecule has 2 amide bonds. The van der Waals surface area contributed by atoms with Crippen LogP contribution < -0.4 is 0 Å². The van der Waals surface area contributed by atoms with E-state index in [1.165, 1.54) is 25.2 Å². The molecule has 2 aromatic carbocycles. The second kappa shape index (κ2) is 7.01. The van der Waals surface area contributed by atoms with Gasteiger partial charge in [0.2, 0.25) is 5.82 Å². The van der Waals surface area contributed by atoms with Gasteiger partial charge < -0.3 is 9.26 Å². The van der Waals surface area contributed by atoms with Crippen molar-refractivity contribution in [1.82, 2.24) is 15.0 Å². The van der Waals surface area contributed by atoms with Crippen LogP contribution in [0.2, 0.25) is 0 Å². The number of benzene rings is 2. The second-order valence-corrected chi connectivity index (χ2v) is 6.94. The number of esters is 1. The Bertz CT molecular complexity index is 1120. The molecule has 4 rings (SSSR count). The summed E-state index contributed by atoms with van der Waals surface area (Å²) in [6.07, 6.45) is 0. The summed E-state index contributed by atoms with van der Waals surface area (Å²) in [7, 11) is 1.39. The summed E-state index contributed by atoms with van der Waals surface area (Å²) < 4.78 is 11.2. The van der Waals surface area contributed by atoms with E-state index in [0.717, 1.165) is 14.9 Å². The normalized spacial score (nSPS) is 13.0. The van der Waals surface area contributed by atoms with Gasteiger partial charge in [-0.15, -0.1) is 0 Å². The van der Waals surface area contributed by atoms with Gasteiger partial charge >= 0.3 is 5.97 Å². The predicted molar refractivity (Wildman–Crippen MR) is 99.4 cm³/mol. The Kier molecular flexibility index (Phi) is 4.52. The first-order valence-electron chi connectivity index (χ1n) is 8.16. The van der Waals surface area contributed by atoms with Crippen LogP contribution >= 0.6 is 15.9 Å². The quantitative estimate of drug-likeness (QED) is 0.452. The maximum atomic E-state index is 12.3. The summed E-state index contributed by atoms with van der Waals surface area (Å²) in [5, 5.41) is 3.87. The Balaban J connectivity index is 1.46. The number of fused-ring (bicyclic) bond motifs is 1. The van der Waals surface area contributed by atoms with Crippen molar-refractivity contribution in [2.24, 2.45) is 0 Å². The Morgan fingerprint density at radius 2 is 1.93 bits per heavy atom. The lowest BCUT2D eigenvalue weighted by atomic mass is 10.1. The number of carbonyl (C=O) groups excluding carboxylic acids is 3. The zero-order valence-electron chi connectivity index (χ0n) is 14.5. The molecule has 1 aromatic heterocycles. The molecule has 0 unspecified atom stereocenters.